The second-order valence-electron chi connectivity index (χ2n) is 8.02. The van der Waals surface area contributed by atoms with Gasteiger partial charge in [0.15, 0.2) is 0 Å². The van der Waals surface area contributed by atoms with Crippen LogP contribution in [-0.4, -0.2) is 45.1 Å². The van der Waals surface area contributed by atoms with Crippen LogP contribution in [-0.2, 0) is 27.3 Å². The maximum Gasteiger partial charge on any atom is 0.245 e. The predicted molar refractivity (Wildman–Crippen MR) is 104 cm³/mol. The van der Waals surface area contributed by atoms with E-state index in [1.54, 1.807) is 11.8 Å². The van der Waals surface area contributed by atoms with Crippen molar-refractivity contribution < 1.29 is 14.4 Å². The van der Waals surface area contributed by atoms with Crippen LogP contribution in [0.4, 0.5) is 0 Å². The van der Waals surface area contributed by atoms with Crippen molar-refractivity contribution in [3.63, 3.8) is 0 Å². The molecule has 1 saturated heterocycles. The number of nitrogens with one attached hydrogen (secondary N) is 1. The number of benzene rings is 1. The fraction of sp³-hybridized carbons (Fsp3) is 0.409. The topological polar surface area (TPSA) is 73.5 Å². The maximum atomic E-state index is 13.2. The Morgan fingerprint density at radius 3 is 2.50 bits per heavy atom. The van der Waals surface area contributed by atoms with Crippen molar-refractivity contribution in [3.05, 3.63) is 47.7 Å². The lowest BCUT2D eigenvalue weighted by atomic mass is 9.85. The Morgan fingerprint density at radius 2 is 1.79 bits per heavy atom. The number of imide groups is 1. The number of likely N-dealkylation sites (tertiary alicyclic amines) is 1. The van der Waals surface area contributed by atoms with Crippen LogP contribution < -0.4 is 0 Å². The fourth-order valence-corrected chi connectivity index (χ4v) is 4.94. The van der Waals surface area contributed by atoms with Crippen LogP contribution in [0, 0.1) is 11.8 Å². The van der Waals surface area contributed by atoms with Gasteiger partial charge in [0.05, 0.1) is 11.8 Å². The monoisotopic (exact) mass is 377 g/mol. The Labute approximate surface area is 163 Å². The van der Waals surface area contributed by atoms with Crippen LogP contribution in [0.3, 0.4) is 0 Å². The molecule has 3 amide bonds. The lowest BCUT2D eigenvalue weighted by Gasteiger charge is -2.32. The Balaban J connectivity index is 1.38. The second kappa shape index (κ2) is 6.33. The first-order chi connectivity index (χ1) is 13.6. The highest BCUT2D eigenvalue weighted by Gasteiger charge is 2.50. The summed E-state index contributed by atoms with van der Waals surface area (Å²) in [7, 11) is 0. The predicted octanol–water partition coefficient (Wildman–Crippen LogP) is 2.39. The molecule has 6 nitrogen and oxygen atoms in total. The van der Waals surface area contributed by atoms with E-state index < -0.39 is 6.04 Å². The summed E-state index contributed by atoms with van der Waals surface area (Å²) in [5, 5.41) is 1.13. The summed E-state index contributed by atoms with van der Waals surface area (Å²) in [4.78, 5) is 45.3. The highest BCUT2D eigenvalue weighted by Crippen LogP contribution is 2.36. The quantitative estimate of drug-likeness (QED) is 0.645. The van der Waals surface area contributed by atoms with Crippen molar-refractivity contribution in [1.82, 2.24) is 14.8 Å². The molecule has 6 heteroatoms. The van der Waals surface area contributed by atoms with Crippen LogP contribution in [0.25, 0.3) is 10.9 Å². The minimum atomic E-state index is -0.752. The molecule has 1 aliphatic carbocycles. The first-order valence-electron chi connectivity index (χ1n) is 9.95. The summed E-state index contributed by atoms with van der Waals surface area (Å²) >= 11 is 0. The first-order valence-corrected chi connectivity index (χ1v) is 9.95. The van der Waals surface area contributed by atoms with Crippen LogP contribution in [0.15, 0.2) is 36.4 Å². The fourth-order valence-electron chi connectivity index (χ4n) is 4.94. The molecule has 2 aromatic rings. The third-order valence-corrected chi connectivity index (χ3v) is 6.48. The Hall–Kier alpha value is -2.89. The molecule has 1 aromatic carbocycles. The molecule has 5 rings (SSSR count). The molecule has 2 aliphatic heterocycles. The van der Waals surface area contributed by atoms with Crippen molar-refractivity contribution in [2.24, 2.45) is 11.8 Å². The number of hydrogen-bond acceptors (Lipinski definition) is 3. The Bertz CT molecular complexity index is 995. The van der Waals surface area contributed by atoms with E-state index in [0.717, 1.165) is 22.9 Å². The molecule has 1 N–H and O–H groups in total. The van der Waals surface area contributed by atoms with E-state index >= 15 is 0 Å². The number of nitrogens with zero attached hydrogens (tertiary/aromatic N) is 2. The minimum absolute atomic E-state index is 0.149. The largest absolute Gasteiger partial charge is 0.358 e. The van der Waals surface area contributed by atoms with E-state index in [9.17, 15) is 14.4 Å². The number of carbonyl (C=O) groups is 3. The number of para-hydroxylation sites is 1. The normalized spacial score (nSPS) is 25.2. The first kappa shape index (κ1) is 17.2. The third-order valence-electron chi connectivity index (χ3n) is 6.48. The lowest BCUT2D eigenvalue weighted by Crippen LogP contribution is -2.50. The van der Waals surface area contributed by atoms with Crippen molar-refractivity contribution in [2.45, 2.75) is 38.8 Å². The van der Waals surface area contributed by atoms with Gasteiger partial charge in [0.25, 0.3) is 0 Å². The number of rotatable bonds is 2. The van der Waals surface area contributed by atoms with E-state index in [4.69, 9.17) is 0 Å². The van der Waals surface area contributed by atoms with Gasteiger partial charge in [-0.25, -0.2) is 0 Å². The molecular formula is C22H23N3O3. The Morgan fingerprint density at radius 1 is 1.11 bits per heavy atom. The maximum absolute atomic E-state index is 13.2. The van der Waals surface area contributed by atoms with Crippen LogP contribution in [0.5, 0.6) is 0 Å². The number of hydrogen-bond donors (Lipinski definition) is 1. The zero-order chi connectivity index (χ0) is 19.4. The van der Waals surface area contributed by atoms with Gasteiger partial charge >= 0.3 is 0 Å². The van der Waals surface area contributed by atoms with Gasteiger partial charge in [-0.2, -0.15) is 0 Å². The van der Waals surface area contributed by atoms with Crippen molar-refractivity contribution in [1.29, 1.82) is 0 Å². The van der Waals surface area contributed by atoms with Gasteiger partial charge in [0.1, 0.15) is 6.04 Å². The van der Waals surface area contributed by atoms with Gasteiger partial charge in [-0.3, -0.25) is 19.3 Å². The highest BCUT2D eigenvalue weighted by atomic mass is 16.2. The smallest absolute Gasteiger partial charge is 0.245 e. The number of amides is 3. The van der Waals surface area contributed by atoms with E-state index in [1.807, 2.05) is 30.4 Å². The molecular weight excluding hydrogens is 354 g/mol. The van der Waals surface area contributed by atoms with Gasteiger partial charge in [-0.05, 0) is 25.8 Å². The molecule has 0 unspecified atom stereocenters. The van der Waals surface area contributed by atoms with Gasteiger partial charge in [-0.15, -0.1) is 0 Å². The number of aromatic amines is 1. The molecule has 0 saturated carbocycles. The average molecular weight is 377 g/mol. The average Bonchev–Trinajstić information content (AvgIpc) is 3.22. The molecule has 3 atom stereocenters. The number of allylic oxidation sites excluding steroid dienone is 2. The van der Waals surface area contributed by atoms with Crippen LogP contribution in [0.1, 0.15) is 31.0 Å². The summed E-state index contributed by atoms with van der Waals surface area (Å²) in [5.74, 6) is -1.12. The lowest BCUT2D eigenvalue weighted by molar-refractivity contribution is -0.151. The summed E-state index contributed by atoms with van der Waals surface area (Å²) in [6, 6.07) is 7.34. The molecule has 0 bridgehead atoms. The number of H-pyrrole nitrogens is 1. The minimum Gasteiger partial charge on any atom is -0.358 e. The van der Waals surface area contributed by atoms with Crippen molar-refractivity contribution in [3.8, 4) is 0 Å². The molecule has 1 fully saturated rings. The van der Waals surface area contributed by atoms with Gasteiger partial charge < -0.3 is 9.88 Å². The van der Waals surface area contributed by atoms with E-state index in [-0.39, 0.29) is 29.6 Å². The molecule has 144 valence electrons. The van der Waals surface area contributed by atoms with E-state index in [2.05, 4.69) is 11.1 Å². The van der Waals surface area contributed by atoms with E-state index in [1.165, 1.54) is 10.6 Å². The van der Waals surface area contributed by atoms with Crippen molar-refractivity contribution >= 4 is 28.6 Å². The zero-order valence-electron chi connectivity index (χ0n) is 15.9. The van der Waals surface area contributed by atoms with Gasteiger partial charge in [0, 0.05) is 41.7 Å². The number of carbonyl (C=O) groups excluding carboxylic acids is 3. The SMILES string of the molecule is C[C@H](C(=O)N1CCc2[nH]c3ccccc3c2C1)N1C(=O)[C@H]2CC=CC[C@@H]2C1=O. The molecule has 1 aromatic heterocycles. The molecule has 0 radical (unpaired) electrons. The van der Waals surface area contributed by atoms with Crippen molar-refractivity contribution in [2.75, 3.05) is 6.54 Å². The molecule has 0 spiro atoms. The third kappa shape index (κ3) is 2.44. The Kier molecular flexibility index (Phi) is 3.89. The number of fused-ring (bicyclic) bond motifs is 4. The zero-order valence-corrected chi connectivity index (χ0v) is 15.9. The van der Waals surface area contributed by atoms with Crippen LogP contribution in [0.2, 0.25) is 0 Å². The summed E-state index contributed by atoms with van der Waals surface area (Å²) < 4.78 is 0. The molecule has 3 aliphatic rings. The summed E-state index contributed by atoms with van der Waals surface area (Å²) in [5.41, 5.74) is 3.39. The van der Waals surface area contributed by atoms with Gasteiger partial charge in [-0.1, -0.05) is 30.4 Å². The standard InChI is InChI=1S/C22H23N3O3/c1-13(25-21(27)15-7-2-3-8-16(15)22(25)28)20(26)24-11-10-19-17(12-24)14-6-4-5-9-18(14)23-19/h2-6,9,13,15-16,23H,7-8,10-12H2,1H3/t13-,15+,16+/m1/s1. The van der Waals surface area contributed by atoms with E-state index in [0.29, 0.717) is 25.9 Å². The second-order valence-corrected chi connectivity index (χ2v) is 8.02. The summed E-state index contributed by atoms with van der Waals surface area (Å²) in [6.45, 7) is 2.79. The van der Waals surface area contributed by atoms with Crippen LogP contribution >= 0.6 is 0 Å². The number of aromatic nitrogens is 1. The summed E-state index contributed by atoms with van der Waals surface area (Å²) in [6.07, 6.45) is 5.86. The molecule has 3 heterocycles. The van der Waals surface area contributed by atoms with Gasteiger partial charge in [0.2, 0.25) is 17.7 Å². The molecule has 28 heavy (non-hydrogen) atoms. The highest BCUT2D eigenvalue weighted by molar-refractivity contribution is 6.08.